The van der Waals surface area contributed by atoms with Gasteiger partial charge in [0.05, 0.1) is 12.3 Å². The lowest BCUT2D eigenvalue weighted by Gasteiger charge is -2.37. The Morgan fingerprint density at radius 1 is 1.38 bits per heavy atom. The van der Waals surface area contributed by atoms with Crippen LogP contribution < -0.4 is 5.32 Å². The average Bonchev–Trinajstić information content (AvgIpc) is 2.99. The van der Waals surface area contributed by atoms with Gasteiger partial charge in [0.15, 0.2) is 0 Å². The molecule has 1 amide bonds. The van der Waals surface area contributed by atoms with Gasteiger partial charge in [-0.15, -0.1) is 0 Å². The zero-order valence-corrected chi connectivity index (χ0v) is 14.2. The molecule has 5 nitrogen and oxygen atoms in total. The molecule has 0 spiro atoms. The van der Waals surface area contributed by atoms with Crippen LogP contribution in [0.5, 0.6) is 0 Å². The van der Waals surface area contributed by atoms with Crippen molar-refractivity contribution in [1.82, 2.24) is 10.3 Å². The number of carbonyl (C=O) groups is 1. The Labute approximate surface area is 142 Å². The van der Waals surface area contributed by atoms with Crippen LogP contribution in [0.2, 0.25) is 0 Å². The van der Waals surface area contributed by atoms with Crippen LogP contribution in [-0.2, 0) is 21.6 Å². The highest BCUT2D eigenvalue weighted by Crippen LogP contribution is 2.42. The third-order valence-corrected chi connectivity index (χ3v) is 4.87. The van der Waals surface area contributed by atoms with Crippen LogP contribution in [0.25, 0.3) is 10.9 Å². The van der Waals surface area contributed by atoms with E-state index in [1.54, 1.807) is 0 Å². The largest absolute Gasteiger partial charge is 0.396 e. The van der Waals surface area contributed by atoms with Crippen molar-refractivity contribution in [1.29, 1.82) is 0 Å². The maximum absolute atomic E-state index is 12.0. The van der Waals surface area contributed by atoms with Crippen LogP contribution in [0.4, 0.5) is 0 Å². The van der Waals surface area contributed by atoms with Gasteiger partial charge in [-0.1, -0.05) is 18.2 Å². The van der Waals surface area contributed by atoms with Crippen LogP contribution in [0, 0.1) is 0 Å². The molecule has 5 heteroatoms. The fraction of sp³-hybridized carbons (Fsp3) is 0.526. The van der Waals surface area contributed by atoms with Gasteiger partial charge in [0.2, 0.25) is 5.91 Å². The number of carbonyl (C=O) groups excluding carboxylic acids is 1. The molecule has 2 aromatic rings. The van der Waals surface area contributed by atoms with Crippen molar-refractivity contribution in [2.24, 2.45) is 0 Å². The molecule has 3 N–H and O–H groups in total. The smallest absolute Gasteiger partial charge is 0.220 e. The molecule has 1 aromatic carbocycles. The lowest BCUT2D eigenvalue weighted by atomic mass is 9.83. The van der Waals surface area contributed by atoms with Crippen molar-refractivity contribution in [2.45, 2.75) is 44.6 Å². The number of hydrogen-bond donors (Lipinski definition) is 3. The van der Waals surface area contributed by atoms with Crippen molar-refractivity contribution >= 4 is 16.8 Å². The fourth-order valence-corrected chi connectivity index (χ4v) is 3.75. The molecule has 1 aromatic heterocycles. The van der Waals surface area contributed by atoms with E-state index in [9.17, 15) is 9.90 Å². The van der Waals surface area contributed by atoms with E-state index in [1.165, 1.54) is 10.9 Å². The van der Waals surface area contributed by atoms with Gasteiger partial charge in [0.1, 0.15) is 5.60 Å². The van der Waals surface area contributed by atoms with E-state index in [-0.39, 0.29) is 12.5 Å². The average molecular weight is 330 g/mol. The number of fused-ring (bicyclic) bond motifs is 3. The molecule has 0 fully saturated rings. The first kappa shape index (κ1) is 17.0. The minimum atomic E-state index is -0.513. The highest BCUT2D eigenvalue weighted by molar-refractivity contribution is 5.85. The minimum absolute atomic E-state index is 0.0488. The number of benzene rings is 1. The van der Waals surface area contributed by atoms with Crippen LogP contribution in [-0.4, -0.2) is 35.8 Å². The number of ether oxygens (including phenoxy) is 1. The van der Waals surface area contributed by atoms with E-state index in [1.807, 2.05) is 13.0 Å². The maximum Gasteiger partial charge on any atom is 0.220 e. The lowest BCUT2D eigenvalue weighted by molar-refractivity contribution is -0.125. The number of para-hydroxylation sites is 1. The van der Waals surface area contributed by atoms with E-state index in [0.717, 1.165) is 17.6 Å². The molecule has 0 aliphatic carbocycles. The highest BCUT2D eigenvalue weighted by Gasteiger charge is 2.39. The van der Waals surface area contributed by atoms with E-state index >= 15 is 0 Å². The molecule has 2 heterocycles. The Kier molecular flexibility index (Phi) is 5.21. The first-order chi connectivity index (χ1) is 11.7. The molecule has 0 bridgehead atoms. The molecule has 0 saturated heterocycles. The second-order valence-corrected chi connectivity index (χ2v) is 6.40. The SMILES string of the molecule is CCNC(=O)CCC1(CCCO)OCCc2c1[nH]c1ccccc21. The number of nitrogens with one attached hydrogen (secondary N) is 2. The molecule has 24 heavy (non-hydrogen) atoms. The molecule has 1 aliphatic heterocycles. The summed E-state index contributed by atoms with van der Waals surface area (Å²) < 4.78 is 6.23. The third-order valence-electron chi connectivity index (χ3n) is 4.87. The number of aliphatic hydroxyl groups is 1. The summed E-state index contributed by atoms with van der Waals surface area (Å²) in [4.78, 5) is 15.5. The Balaban J connectivity index is 1.95. The minimum Gasteiger partial charge on any atom is -0.396 e. The van der Waals surface area contributed by atoms with Gasteiger partial charge < -0.3 is 20.1 Å². The molecule has 1 unspecified atom stereocenters. The van der Waals surface area contributed by atoms with E-state index in [4.69, 9.17) is 4.74 Å². The quantitative estimate of drug-likeness (QED) is 0.730. The topological polar surface area (TPSA) is 74.3 Å². The number of aromatic nitrogens is 1. The summed E-state index contributed by atoms with van der Waals surface area (Å²) in [6.07, 6.45) is 3.29. The summed E-state index contributed by atoms with van der Waals surface area (Å²) in [7, 11) is 0. The van der Waals surface area contributed by atoms with Crippen molar-refractivity contribution in [2.75, 3.05) is 19.8 Å². The van der Waals surface area contributed by atoms with E-state index in [2.05, 4.69) is 28.5 Å². The normalized spacial score (nSPS) is 20.1. The first-order valence-electron chi connectivity index (χ1n) is 8.82. The molecule has 0 radical (unpaired) electrons. The van der Waals surface area contributed by atoms with Crippen molar-refractivity contribution < 1.29 is 14.6 Å². The van der Waals surface area contributed by atoms with Gasteiger partial charge in [0, 0.05) is 30.5 Å². The predicted octanol–water partition coefficient (Wildman–Crippen LogP) is 2.62. The first-order valence-corrected chi connectivity index (χ1v) is 8.82. The summed E-state index contributed by atoms with van der Waals surface area (Å²) in [5, 5.41) is 13.4. The molecule has 1 atom stereocenters. The zero-order chi connectivity index (χ0) is 17.0. The molecular weight excluding hydrogens is 304 g/mol. The number of rotatable bonds is 7. The van der Waals surface area contributed by atoms with Gasteiger partial charge in [-0.2, -0.15) is 0 Å². The van der Waals surface area contributed by atoms with Crippen LogP contribution >= 0.6 is 0 Å². The molecule has 130 valence electrons. The number of amides is 1. The molecule has 1 aliphatic rings. The third kappa shape index (κ3) is 3.19. The van der Waals surface area contributed by atoms with Crippen molar-refractivity contribution in [3.05, 3.63) is 35.5 Å². The van der Waals surface area contributed by atoms with Crippen LogP contribution in [0.3, 0.4) is 0 Å². The summed E-state index contributed by atoms with van der Waals surface area (Å²) in [5.74, 6) is 0.0488. The summed E-state index contributed by atoms with van der Waals surface area (Å²) in [6, 6.07) is 8.29. The Morgan fingerprint density at radius 2 is 2.21 bits per heavy atom. The van der Waals surface area contributed by atoms with Gasteiger partial charge in [0.25, 0.3) is 0 Å². The van der Waals surface area contributed by atoms with Crippen molar-refractivity contribution in [3.63, 3.8) is 0 Å². The van der Waals surface area contributed by atoms with Crippen LogP contribution in [0.1, 0.15) is 43.9 Å². The molecular formula is C19H26N2O3. The van der Waals surface area contributed by atoms with Gasteiger partial charge >= 0.3 is 0 Å². The second-order valence-electron chi connectivity index (χ2n) is 6.40. The Hall–Kier alpha value is -1.85. The number of aromatic amines is 1. The summed E-state index contributed by atoms with van der Waals surface area (Å²) >= 11 is 0. The van der Waals surface area contributed by atoms with Crippen LogP contribution in [0.15, 0.2) is 24.3 Å². The fourth-order valence-electron chi connectivity index (χ4n) is 3.75. The second kappa shape index (κ2) is 7.36. The molecule has 3 rings (SSSR count). The maximum atomic E-state index is 12.0. The number of aliphatic hydroxyl groups excluding tert-OH is 1. The zero-order valence-electron chi connectivity index (χ0n) is 14.2. The van der Waals surface area contributed by atoms with E-state index < -0.39 is 5.60 Å². The van der Waals surface area contributed by atoms with Gasteiger partial charge in [-0.25, -0.2) is 0 Å². The lowest BCUT2D eigenvalue weighted by Crippen LogP contribution is -2.37. The Morgan fingerprint density at radius 3 is 3.00 bits per heavy atom. The number of hydrogen-bond acceptors (Lipinski definition) is 3. The van der Waals surface area contributed by atoms with Gasteiger partial charge in [-0.3, -0.25) is 4.79 Å². The Bertz CT molecular complexity index is 710. The standard InChI is InChI=1S/C19H26N2O3/c1-2-20-17(23)8-11-19(10-5-12-22)18-15(9-13-24-19)14-6-3-4-7-16(14)21-18/h3-4,6-7,21-22H,2,5,8-13H2,1H3,(H,20,23). The highest BCUT2D eigenvalue weighted by atomic mass is 16.5. The van der Waals surface area contributed by atoms with Gasteiger partial charge in [-0.05, 0) is 44.2 Å². The molecule has 0 saturated carbocycles. The summed E-state index contributed by atoms with van der Waals surface area (Å²) in [5.41, 5.74) is 2.98. The van der Waals surface area contributed by atoms with E-state index in [0.29, 0.717) is 38.8 Å². The summed E-state index contributed by atoms with van der Waals surface area (Å²) in [6.45, 7) is 3.34. The monoisotopic (exact) mass is 330 g/mol. The number of H-pyrrole nitrogens is 1. The predicted molar refractivity (Wildman–Crippen MR) is 93.9 cm³/mol. The van der Waals surface area contributed by atoms with Crippen molar-refractivity contribution in [3.8, 4) is 0 Å².